The molecule has 2 N–H and O–H groups in total. The lowest BCUT2D eigenvalue weighted by Crippen LogP contribution is -2.58. The third kappa shape index (κ3) is 2.28. The van der Waals surface area contributed by atoms with Gasteiger partial charge < -0.3 is 24.4 Å². The molecule has 0 radical (unpaired) electrons. The fourth-order valence-corrected chi connectivity index (χ4v) is 3.34. The van der Waals surface area contributed by atoms with E-state index in [0.29, 0.717) is 12.8 Å². The van der Waals surface area contributed by atoms with Gasteiger partial charge in [-0.1, -0.05) is 6.42 Å². The summed E-state index contributed by atoms with van der Waals surface area (Å²) in [5.41, 5.74) is -0.444. The van der Waals surface area contributed by atoms with Gasteiger partial charge in [-0.05, 0) is 18.9 Å². The SMILES string of the molecule is COC(=O)C1=CC2OC3(CCCCC3)OC2C(O)(O)C1F. The van der Waals surface area contributed by atoms with E-state index in [1.165, 1.54) is 6.08 Å². The summed E-state index contributed by atoms with van der Waals surface area (Å²) in [6.07, 6.45) is 0.915. The number of alkyl halides is 1. The topological polar surface area (TPSA) is 85.2 Å². The van der Waals surface area contributed by atoms with Crippen LogP contribution in [0.5, 0.6) is 0 Å². The lowest BCUT2D eigenvalue weighted by molar-refractivity contribution is -0.279. The molecule has 0 amide bonds. The number of carbonyl (C=O) groups excluding carboxylic acids is 1. The van der Waals surface area contributed by atoms with Crippen LogP contribution in [-0.2, 0) is 19.0 Å². The molecule has 0 aromatic heterocycles. The summed E-state index contributed by atoms with van der Waals surface area (Å²) >= 11 is 0. The summed E-state index contributed by atoms with van der Waals surface area (Å²) < 4.78 is 30.2. The zero-order valence-corrected chi connectivity index (χ0v) is 11.8. The van der Waals surface area contributed by atoms with Crippen molar-refractivity contribution in [2.45, 2.75) is 62.1 Å². The van der Waals surface area contributed by atoms with Crippen molar-refractivity contribution < 1.29 is 33.6 Å². The number of carbonyl (C=O) groups is 1. The first-order valence-electron chi connectivity index (χ1n) is 7.14. The molecule has 2 aliphatic carbocycles. The van der Waals surface area contributed by atoms with E-state index in [0.717, 1.165) is 26.4 Å². The highest BCUT2D eigenvalue weighted by Gasteiger charge is 2.61. The van der Waals surface area contributed by atoms with Gasteiger partial charge in [-0.25, -0.2) is 9.18 Å². The van der Waals surface area contributed by atoms with E-state index < -0.39 is 41.5 Å². The Labute approximate surface area is 121 Å². The van der Waals surface area contributed by atoms with E-state index in [9.17, 15) is 19.4 Å². The Morgan fingerprint density at radius 2 is 2.00 bits per heavy atom. The van der Waals surface area contributed by atoms with E-state index in [4.69, 9.17) is 9.47 Å². The largest absolute Gasteiger partial charge is 0.466 e. The van der Waals surface area contributed by atoms with Gasteiger partial charge in [0.05, 0.1) is 12.7 Å². The minimum Gasteiger partial charge on any atom is -0.466 e. The Morgan fingerprint density at radius 1 is 1.33 bits per heavy atom. The minimum absolute atomic E-state index is 0.444. The van der Waals surface area contributed by atoms with Crippen LogP contribution in [-0.4, -0.2) is 53.2 Å². The van der Waals surface area contributed by atoms with Crippen molar-refractivity contribution in [1.82, 2.24) is 0 Å². The molecule has 21 heavy (non-hydrogen) atoms. The molecular weight excluding hydrogens is 283 g/mol. The number of rotatable bonds is 1. The van der Waals surface area contributed by atoms with Crippen molar-refractivity contribution >= 4 is 5.97 Å². The molecule has 0 aromatic rings. The highest BCUT2D eigenvalue weighted by molar-refractivity contribution is 5.90. The maximum atomic E-state index is 14.3. The van der Waals surface area contributed by atoms with Gasteiger partial charge in [-0.2, -0.15) is 0 Å². The molecule has 118 valence electrons. The van der Waals surface area contributed by atoms with E-state index >= 15 is 0 Å². The first-order chi connectivity index (χ1) is 9.89. The van der Waals surface area contributed by atoms with Crippen molar-refractivity contribution in [2.75, 3.05) is 7.11 Å². The number of hydrogen-bond acceptors (Lipinski definition) is 6. The van der Waals surface area contributed by atoms with Crippen LogP contribution in [0, 0.1) is 0 Å². The monoisotopic (exact) mass is 302 g/mol. The first-order valence-corrected chi connectivity index (χ1v) is 7.14. The normalized spacial score (nSPS) is 37.0. The van der Waals surface area contributed by atoms with Crippen LogP contribution in [0.25, 0.3) is 0 Å². The van der Waals surface area contributed by atoms with Crippen LogP contribution >= 0.6 is 0 Å². The molecule has 1 saturated carbocycles. The number of ether oxygens (including phenoxy) is 3. The number of aliphatic hydroxyl groups is 2. The summed E-state index contributed by atoms with van der Waals surface area (Å²) in [4.78, 5) is 11.6. The van der Waals surface area contributed by atoms with Crippen LogP contribution in [0.2, 0.25) is 0 Å². The average molecular weight is 302 g/mol. The van der Waals surface area contributed by atoms with Crippen LogP contribution in [0.1, 0.15) is 32.1 Å². The highest BCUT2D eigenvalue weighted by atomic mass is 19.1. The fraction of sp³-hybridized carbons (Fsp3) is 0.786. The van der Waals surface area contributed by atoms with Crippen LogP contribution < -0.4 is 0 Å². The van der Waals surface area contributed by atoms with Gasteiger partial charge >= 0.3 is 5.97 Å². The molecule has 3 atom stereocenters. The maximum absolute atomic E-state index is 14.3. The Kier molecular flexibility index (Phi) is 3.56. The molecule has 3 aliphatic rings. The van der Waals surface area contributed by atoms with E-state index in [-0.39, 0.29) is 0 Å². The maximum Gasteiger partial charge on any atom is 0.336 e. The van der Waals surface area contributed by atoms with Crippen LogP contribution in [0.4, 0.5) is 4.39 Å². The zero-order chi connectivity index (χ0) is 15.3. The molecule has 3 unspecified atom stereocenters. The Hall–Kier alpha value is -1.02. The summed E-state index contributed by atoms with van der Waals surface area (Å²) in [5.74, 6) is -4.67. The van der Waals surface area contributed by atoms with Gasteiger partial charge in [0.2, 0.25) is 5.79 Å². The van der Waals surface area contributed by atoms with Crippen LogP contribution in [0.3, 0.4) is 0 Å². The molecule has 0 bridgehead atoms. The van der Waals surface area contributed by atoms with Crippen molar-refractivity contribution in [3.63, 3.8) is 0 Å². The standard InChI is InChI=1S/C14H19FO6/c1-19-12(16)8-7-9-11(14(17,18)10(8)15)21-13(20-9)5-3-2-4-6-13/h7,9-11,17-18H,2-6H2,1H3. The molecule has 1 aliphatic heterocycles. The predicted octanol–water partition coefficient (Wildman–Crippen LogP) is 0.563. The lowest BCUT2D eigenvalue weighted by atomic mass is 9.87. The zero-order valence-electron chi connectivity index (χ0n) is 11.8. The number of fused-ring (bicyclic) bond motifs is 1. The van der Waals surface area contributed by atoms with Crippen molar-refractivity contribution in [2.24, 2.45) is 0 Å². The quantitative estimate of drug-likeness (QED) is 0.544. The van der Waals surface area contributed by atoms with Gasteiger partial charge in [0.15, 0.2) is 12.0 Å². The molecule has 2 fully saturated rings. The number of methoxy groups -OCH3 is 1. The van der Waals surface area contributed by atoms with Crippen LogP contribution in [0.15, 0.2) is 11.6 Å². The van der Waals surface area contributed by atoms with Gasteiger partial charge in [0.25, 0.3) is 0 Å². The third-order valence-electron chi connectivity index (χ3n) is 4.44. The number of halogens is 1. The second-order valence-corrected chi connectivity index (χ2v) is 5.85. The lowest BCUT2D eigenvalue weighted by Gasteiger charge is -2.36. The van der Waals surface area contributed by atoms with Gasteiger partial charge in [-0.15, -0.1) is 0 Å². The smallest absolute Gasteiger partial charge is 0.336 e. The second kappa shape index (κ2) is 5.01. The van der Waals surface area contributed by atoms with E-state index in [1.807, 2.05) is 0 Å². The average Bonchev–Trinajstić information content (AvgIpc) is 2.82. The molecule has 7 heteroatoms. The number of hydrogen-bond donors (Lipinski definition) is 2. The van der Waals surface area contributed by atoms with Gasteiger partial charge in [0, 0.05) is 12.8 Å². The predicted molar refractivity (Wildman–Crippen MR) is 67.7 cm³/mol. The summed E-state index contributed by atoms with van der Waals surface area (Å²) in [6.45, 7) is 0. The Balaban J connectivity index is 1.92. The summed E-state index contributed by atoms with van der Waals surface area (Å²) in [5, 5.41) is 20.1. The number of esters is 1. The van der Waals surface area contributed by atoms with Crippen molar-refractivity contribution in [3.05, 3.63) is 11.6 Å². The third-order valence-corrected chi connectivity index (χ3v) is 4.44. The molecule has 1 spiro atoms. The Morgan fingerprint density at radius 3 is 2.62 bits per heavy atom. The first kappa shape index (κ1) is 14.9. The summed E-state index contributed by atoms with van der Waals surface area (Å²) in [7, 11) is 1.10. The fourth-order valence-electron chi connectivity index (χ4n) is 3.34. The van der Waals surface area contributed by atoms with E-state index in [1.54, 1.807) is 0 Å². The highest BCUT2D eigenvalue weighted by Crippen LogP contribution is 2.47. The molecule has 1 saturated heterocycles. The molecule has 3 rings (SSSR count). The molecule has 6 nitrogen and oxygen atoms in total. The van der Waals surface area contributed by atoms with Gasteiger partial charge in [-0.3, -0.25) is 0 Å². The Bertz CT molecular complexity index is 468. The minimum atomic E-state index is -2.82. The summed E-state index contributed by atoms with van der Waals surface area (Å²) in [6, 6.07) is 0. The second-order valence-electron chi connectivity index (χ2n) is 5.85. The van der Waals surface area contributed by atoms with Crippen molar-refractivity contribution in [3.8, 4) is 0 Å². The molecular formula is C14H19FO6. The molecule has 1 heterocycles. The molecule has 0 aromatic carbocycles. The van der Waals surface area contributed by atoms with E-state index in [2.05, 4.69) is 4.74 Å². The van der Waals surface area contributed by atoms with Crippen molar-refractivity contribution in [1.29, 1.82) is 0 Å². The van der Waals surface area contributed by atoms with Gasteiger partial charge in [0.1, 0.15) is 12.2 Å².